The third kappa shape index (κ3) is 2.47. The third-order valence-corrected chi connectivity index (χ3v) is 3.66. The Bertz CT molecular complexity index is 786. The molecule has 0 unspecified atom stereocenters. The van der Waals surface area contributed by atoms with Gasteiger partial charge >= 0.3 is 0 Å². The van der Waals surface area contributed by atoms with Gasteiger partial charge in [0, 0.05) is 0 Å². The zero-order valence-electron chi connectivity index (χ0n) is 12.8. The van der Waals surface area contributed by atoms with Gasteiger partial charge in [-0.1, -0.05) is 24.2 Å². The second-order valence-corrected chi connectivity index (χ2v) is 5.25. The second-order valence-electron chi connectivity index (χ2n) is 5.25. The van der Waals surface area contributed by atoms with Crippen LogP contribution in [0.25, 0.3) is 11.0 Å². The summed E-state index contributed by atoms with van der Waals surface area (Å²) in [6.07, 6.45) is 0.652. The van der Waals surface area contributed by atoms with Crippen molar-refractivity contribution in [2.24, 2.45) is 0 Å². The highest BCUT2D eigenvalue weighted by Crippen LogP contribution is 2.18. The van der Waals surface area contributed by atoms with Crippen LogP contribution in [0.1, 0.15) is 47.5 Å². The number of fused-ring (bicyclic) bond motifs is 1. The molecule has 0 radical (unpaired) electrons. The van der Waals surface area contributed by atoms with E-state index in [-0.39, 0.29) is 11.9 Å². The SMILES string of the molecule is CCc1noc(C)c1C(=O)N[C@H](C)c1nc2ccccc2[nH]1. The number of hydrogen-bond acceptors (Lipinski definition) is 4. The summed E-state index contributed by atoms with van der Waals surface area (Å²) < 4.78 is 5.11. The number of carbonyl (C=O) groups excluding carboxylic acids is 1. The van der Waals surface area contributed by atoms with E-state index in [1.807, 2.05) is 38.1 Å². The Morgan fingerprint density at radius 3 is 2.91 bits per heavy atom. The van der Waals surface area contributed by atoms with Gasteiger partial charge in [-0.3, -0.25) is 4.79 Å². The molecule has 6 nitrogen and oxygen atoms in total. The Morgan fingerprint density at radius 2 is 2.18 bits per heavy atom. The van der Waals surface area contributed by atoms with Gasteiger partial charge in [-0.05, 0) is 32.4 Å². The van der Waals surface area contributed by atoms with Crippen LogP contribution in [0, 0.1) is 6.92 Å². The molecule has 114 valence electrons. The maximum absolute atomic E-state index is 12.5. The molecule has 0 aliphatic carbocycles. The molecule has 6 heteroatoms. The number of aromatic amines is 1. The van der Waals surface area contributed by atoms with E-state index < -0.39 is 0 Å². The smallest absolute Gasteiger partial charge is 0.257 e. The Morgan fingerprint density at radius 1 is 1.41 bits per heavy atom. The van der Waals surface area contributed by atoms with E-state index in [1.165, 1.54) is 0 Å². The van der Waals surface area contributed by atoms with Gasteiger partial charge in [0.1, 0.15) is 17.1 Å². The van der Waals surface area contributed by atoms with Crippen molar-refractivity contribution in [2.45, 2.75) is 33.2 Å². The average molecular weight is 298 g/mol. The number of hydrogen-bond donors (Lipinski definition) is 2. The van der Waals surface area contributed by atoms with Crippen molar-refractivity contribution < 1.29 is 9.32 Å². The molecule has 1 amide bonds. The summed E-state index contributed by atoms with van der Waals surface area (Å²) in [4.78, 5) is 20.2. The molecule has 22 heavy (non-hydrogen) atoms. The van der Waals surface area contributed by atoms with E-state index in [0.717, 1.165) is 16.9 Å². The minimum absolute atomic E-state index is 0.191. The van der Waals surface area contributed by atoms with Crippen LogP contribution < -0.4 is 5.32 Å². The lowest BCUT2D eigenvalue weighted by atomic mass is 10.1. The highest BCUT2D eigenvalue weighted by Gasteiger charge is 2.22. The second kappa shape index (κ2) is 5.63. The predicted octanol–water partition coefficient (Wildman–Crippen LogP) is 2.91. The predicted molar refractivity (Wildman–Crippen MR) is 82.6 cm³/mol. The van der Waals surface area contributed by atoms with Gasteiger partial charge in [-0.25, -0.2) is 4.98 Å². The van der Waals surface area contributed by atoms with E-state index >= 15 is 0 Å². The molecule has 0 saturated heterocycles. The first kappa shape index (κ1) is 14.3. The van der Waals surface area contributed by atoms with Gasteiger partial charge in [0.25, 0.3) is 5.91 Å². The molecule has 0 saturated carbocycles. The number of nitrogens with zero attached hydrogens (tertiary/aromatic N) is 2. The number of nitrogens with one attached hydrogen (secondary N) is 2. The van der Waals surface area contributed by atoms with Gasteiger partial charge in [-0.2, -0.15) is 0 Å². The summed E-state index contributed by atoms with van der Waals surface area (Å²) in [5, 5.41) is 6.85. The molecule has 2 N–H and O–H groups in total. The summed E-state index contributed by atoms with van der Waals surface area (Å²) in [5.74, 6) is 1.07. The molecule has 0 fully saturated rings. The number of amides is 1. The fourth-order valence-corrected chi connectivity index (χ4v) is 2.47. The number of imidazole rings is 1. The lowest BCUT2D eigenvalue weighted by molar-refractivity contribution is 0.0936. The maximum Gasteiger partial charge on any atom is 0.257 e. The molecule has 0 aliphatic heterocycles. The minimum atomic E-state index is -0.237. The van der Waals surface area contributed by atoms with Crippen LogP contribution >= 0.6 is 0 Å². The number of H-pyrrole nitrogens is 1. The summed E-state index contributed by atoms with van der Waals surface area (Å²) in [5.41, 5.74) is 3.03. The molecule has 0 bridgehead atoms. The van der Waals surface area contributed by atoms with Gasteiger partial charge in [-0.15, -0.1) is 0 Å². The monoisotopic (exact) mass is 298 g/mol. The lowest BCUT2D eigenvalue weighted by Gasteiger charge is -2.11. The number of benzene rings is 1. The van der Waals surface area contributed by atoms with E-state index in [0.29, 0.717) is 23.4 Å². The van der Waals surface area contributed by atoms with Crippen molar-refractivity contribution in [3.8, 4) is 0 Å². The van der Waals surface area contributed by atoms with E-state index in [1.54, 1.807) is 6.92 Å². The first-order valence-corrected chi connectivity index (χ1v) is 7.30. The lowest BCUT2D eigenvalue weighted by Crippen LogP contribution is -2.28. The Balaban J connectivity index is 1.82. The largest absolute Gasteiger partial charge is 0.361 e. The van der Waals surface area contributed by atoms with Crippen LogP contribution in [0.3, 0.4) is 0 Å². The summed E-state index contributed by atoms with van der Waals surface area (Å²) in [6.45, 7) is 5.58. The molecular weight excluding hydrogens is 280 g/mol. The zero-order valence-corrected chi connectivity index (χ0v) is 12.8. The first-order chi connectivity index (χ1) is 10.6. The number of rotatable bonds is 4. The normalized spacial score (nSPS) is 12.5. The third-order valence-electron chi connectivity index (χ3n) is 3.66. The van der Waals surface area contributed by atoms with E-state index in [2.05, 4.69) is 20.4 Å². The molecule has 2 heterocycles. The van der Waals surface area contributed by atoms with Gasteiger partial charge in [0.15, 0.2) is 0 Å². The van der Waals surface area contributed by atoms with Crippen molar-refractivity contribution in [1.29, 1.82) is 0 Å². The number of aromatic nitrogens is 3. The molecule has 1 aromatic carbocycles. The number of aryl methyl sites for hydroxylation is 2. The fraction of sp³-hybridized carbons (Fsp3) is 0.312. The average Bonchev–Trinajstić information content (AvgIpc) is 3.10. The minimum Gasteiger partial charge on any atom is -0.361 e. The quantitative estimate of drug-likeness (QED) is 0.775. The molecule has 1 atom stereocenters. The van der Waals surface area contributed by atoms with Crippen LogP contribution in [0.15, 0.2) is 28.8 Å². The van der Waals surface area contributed by atoms with Crippen molar-refractivity contribution in [2.75, 3.05) is 0 Å². The Labute approximate surface area is 127 Å². The van der Waals surface area contributed by atoms with Gasteiger partial charge in [0.2, 0.25) is 0 Å². The van der Waals surface area contributed by atoms with Gasteiger partial charge < -0.3 is 14.8 Å². The van der Waals surface area contributed by atoms with Crippen LogP contribution in [-0.4, -0.2) is 21.0 Å². The van der Waals surface area contributed by atoms with Gasteiger partial charge in [0.05, 0.1) is 22.8 Å². The summed E-state index contributed by atoms with van der Waals surface area (Å²) in [7, 11) is 0. The van der Waals surface area contributed by atoms with Crippen molar-refractivity contribution in [3.63, 3.8) is 0 Å². The van der Waals surface area contributed by atoms with E-state index in [4.69, 9.17) is 4.52 Å². The highest BCUT2D eigenvalue weighted by molar-refractivity contribution is 5.96. The zero-order chi connectivity index (χ0) is 15.7. The van der Waals surface area contributed by atoms with Crippen molar-refractivity contribution in [3.05, 3.63) is 47.1 Å². The molecule has 0 aliphatic rings. The summed E-state index contributed by atoms with van der Waals surface area (Å²) >= 11 is 0. The van der Waals surface area contributed by atoms with Crippen LogP contribution in [-0.2, 0) is 6.42 Å². The molecule has 2 aromatic heterocycles. The molecule has 0 spiro atoms. The van der Waals surface area contributed by atoms with Crippen LogP contribution in [0.2, 0.25) is 0 Å². The maximum atomic E-state index is 12.5. The van der Waals surface area contributed by atoms with Crippen LogP contribution in [0.4, 0.5) is 0 Å². The Hall–Kier alpha value is -2.63. The Kier molecular flexibility index (Phi) is 3.66. The standard InChI is InChI=1S/C16H18N4O2/c1-4-11-14(10(3)22-20-11)16(21)17-9(2)15-18-12-7-5-6-8-13(12)19-15/h5-9H,4H2,1-3H3,(H,17,21)(H,18,19)/t9-/m1/s1. The van der Waals surface area contributed by atoms with Crippen molar-refractivity contribution >= 4 is 16.9 Å². The summed E-state index contributed by atoms with van der Waals surface area (Å²) in [6, 6.07) is 7.54. The molecular formula is C16H18N4O2. The van der Waals surface area contributed by atoms with Crippen LogP contribution in [0.5, 0.6) is 0 Å². The first-order valence-electron chi connectivity index (χ1n) is 7.30. The molecule has 3 rings (SSSR count). The fourth-order valence-electron chi connectivity index (χ4n) is 2.47. The number of para-hydroxylation sites is 2. The van der Waals surface area contributed by atoms with E-state index in [9.17, 15) is 4.79 Å². The van der Waals surface area contributed by atoms with Crippen molar-refractivity contribution in [1.82, 2.24) is 20.4 Å². The topological polar surface area (TPSA) is 83.8 Å². The highest BCUT2D eigenvalue weighted by atomic mass is 16.5. The number of carbonyl (C=O) groups is 1. The molecule has 3 aromatic rings.